The first-order chi connectivity index (χ1) is 20.9. The van der Waals surface area contributed by atoms with Gasteiger partial charge in [0, 0.05) is 53.7 Å². The molecule has 1 amide bonds. The number of carbonyl (C=O) groups excluding carboxylic acids is 2. The van der Waals surface area contributed by atoms with Crippen molar-refractivity contribution in [1.82, 2.24) is 24.2 Å². The second kappa shape index (κ2) is 12.6. The number of rotatable bonds is 8. The van der Waals surface area contributed by atoms with Crippen LogP contribution in [0.3, 0.4) is 0 Å². The predicted molar refractivity (Wildman–Crippen MR) is 172 cm³/mol. The first kappa shape index (κ1) is 31.5. The highest BCUT2D eigenvalue weighted by atomic mass is 32.3. The van der Waals surface area contributed by atoms with E-state index in [1.54, 1.807) is 29.1 Å². The molecule has 1 aromatic heterocycles. The van der Waals surface area contributed by atoms with Gasteiger partial charge in [-0.15, -0.1) is 15.9 Å². The second-order valence-electron chi connectivity index (χ2n) is 11.5. The van der Waals surface area contributed by atoms with Crippen LogP contribution in [0.15, 0.2) is 59.5 Å². The fraction of sp³-hybridized carbons (Fsp3) is 0.375. The minimum atomic E-state index is -3.26. The van der Waals surface area contributed by atoms with Crippen LogP contribution < -0.4 is 4.90 Å². The lowest BCUT2D eigenvalue weighted by Crippen LogP contribution is -2.31. The van der Waals surface area contributed by atoms with Crippen molar-refractivity contribution < 1.29 is 23.4 Å². The van der Waals surface area contributed by atoms with Crippen LogP contribution in [0.25, 0.3) is 11.0 Å². The number of likely N-dealkylation sites (N-methyl/N-ethyl adjacent to an activating group) is 2. The van der Waals surface area contributed by atoms with Gasteiger partial charge in [0.05, 0.1) is 22.5 Å². The maximum absolute atomic E-state index is 13.1. The molecule has 2 heterocycles. The molecule has 1 atom stereocenters. The van der Waals surface area contributed by atoms with E-state index in [4.69, 9.17) is 4.74 Å². The average Bonchev–Trinajstić information content (AvgIpc) is 3.35. The van der Waals surface area contributed by atoms with E-state index in [2.05, 4.69) is 10.3 Å². The van der Waals surface area contributed by atoms with E-state index in [-0.39, 0.29) is 18.9 Å². The molecule has 234 valence electrons. The van der Waals surface area contributed by atoms with Gasteiger partial charge in [0.1, 0.15) is 5.52 Å². The Balaban J connectivity index is 1.51. The Bertz CT molecular complexity index is 1700. The number of fused-ring (bicyclic) bond motifs is 2. The van der Waals surface area contributed by atoms with Crippen molar-refractivity contribution in [1.29, 1.82) is 0 Å². The molecule has 0 radical (unpaired) electrons. The number of benzene rings is 3. The van der Waals surface area contributed by atoms with Gasteiger partial charge in [-0.2, -0.15) is 4.31 Å². The smallest absolute Gasteiger partial charge is 0.307 e. The molecule has 1 aliphatic rings. The van der Waals surface area contributed by atoms with E-state index in [9.17, 15) is 18.7 Å². The lowest BCUT2D eigenvalue weighted by atomic mass is 9.84. The number of carbonyl (C=O) groups is 2. The fourth-order valence-corrected chi connectivity index (χ4v) is 7.32. The summed E-state index contributed by atoms with van der Waals surface area (Å²) in [5.41, 5.74) is 7.03. The summed E-state index contributed by atoms with van der Waals surface area (Å²) >= 11 is 0. The molecule has 4 aromatic rings. The zero-order valence-corrected chi connectivity index (χ0v) is 26.8. The number of ether oxygens (including phenoxy) is 1. The Morgan fingerprint density at radius 3 is 2.55 bits per heavy atom. The van der Waals surface area contributed by atoms with Crippen molar-refractivity contribution in [3.63, 3.8) is 0 Å². The molecule has 12 heteroatoms. The molecule has 11 nitrogen and oxygen atoms in total. The van der Waals surface area contributed by atoms with Gasteiger partial charge >= 0.3 is 5.97 Å². The van der Waals surface area contributed by atoms with Gasteiger partial charge in [-0.25, -0.2) is 4.68 Å². The zero-order valence-electron chi connectivity index (χ0n) is 26.0. The monoisotopic (exact) mass is 620 g/mol. The van der Waals surface area contributed by atoms with E-state index < -0.39 is 22.7 Å². The Kier molecular flexibility index (Phi) is 8.98. The van der Waals surface area contributed by atoms with Crippen molar-refractivity contribution in [2.75, 3.05) is 45.7 Å². The second-order valence-corrected chi connectivity index (χ2v) is 13.5. The summed E-state index contributed by atoms with van der Waals surface area (Å²) in [6.07, 6.45) is 0.00684. The molecular weight excluding hydrogens is 580 g/mol. The molecule has 2 N–H and O–H groups in total. The normalized spacial score (nSPS) is 16.2. The largest absolute Gasteiger partial charge is 0.456 e. The molecule has 5 rings (SSSR count). The summed E-state index contributed by atoms with van der Waals surface area (Å²) in [5.74, 6) is -1.19. The molecule has 0 fully saturated rings. The lowest BCUT2D eigenvalue weighted by molar-refractivity contribution is -0.151. The number of hydrogen-bond acceptors (Lipinski definition) is 9. The summed E-state index contributed by atoms with van der Waals surface area (Å²) in [5, 5.41) is 8.52. The topological polar surface area (TPSA) is 124 Å². The molecule has 0 bridgehead atoms. The number of aromatic nitrogens is 3. The van der Waals surface area contributed by atoms with E-state index in [1.165, 1.54) is 4.90 Å². The van der Waals surface area contributed by atoms with Crippen LogP contribution >= 0.6 is 10.8 Å². The number of hydrogen-bond donors (Lipinski definition) is 2. The first-order valence-corrected chi connectivity index (χ1v) is 16.0. The number of aryl methyl sites for hydroxylation is 3. The predicted octanol–water partition coefficient (Wildman–Crippen LogP) is 4.72. The highest BCUT2D eigenvalue weighted by Gasteiger charge is 2.32. The van der Waals surface area contributed by atoms with Crippen molar-refractivity contribution in [2.24, 2.45) is 7.05 Å². The SMILES string of the molecule is Cc1ccc(C(CC(=O)OCC(=O)N(C)C)c2ccc3c(nnn3C)c2C)cc1CN1CCN(C)c2ccccc2S1(O)O. The molecule has 1 unspecified atom stereocenters. The quantitative estimate of drug-likeness (QED) is 0.270. The van der Waals surface area contributed by atoms with Gasteiger partial charge in [-0.05, 0) is 59.9 Å². The van der Waals surface area contributed by atoms with E-state index in [0.29, 0.717) is 24.5 Å². The van der Waals surface area contributed by atoms with Gasteiger partial charge in [0.2, 0.25) is 0 Å². The number of amides is 1. The summed E-state index contributed by atoms with van der Waals surface area (Å²) in [7, 11) is 3.76. The van der Waals surface area contributed by atoms with Crippen LogP contribution in [0.2, 0.25) is 0 Å². The molecule has 0 aliphatic carbocycles. The Hall–Kier alpha value is -3.97. The summed E-state index contributed by atoms with van der Waals surface area (Å²) in [4.78, 5) is 29.2. The van der Waals surface area contributed by atoms with Crippen LogP contribution in [-0.4, -0.2) is 86.0 Å². The van der Waals surface area contributed by atoms with Crippen LogP contribution in [0.4, 0.5) is 5.69 Å². The Morgan fingerprint density at radius 2 is 1.80 bits per heavy atom. The Morgan fingerprint density at radius 1 is 1.05 bits per heavy atom. The summed E-state index contributed by atoms with van der Waals surface area (Å²) in [6, 6.07) is 17.4. The highest BCUT2D eigenvalue weighted by molar-refractivity contribution is 8.22. The van der Waals surface area contributed by atoms with Crippen molar-refractivity contribution in [3.8, 4) is 0 Å². The summed E-state index contributed by atoms with van der Waals surface area (Å²) < 4.78 is 31.9. The highest BCUT2D eigenvalue weighted by Crippen LogP contribution is 2.56. The molecular formula is C32H40N6O5S. The molecule has 0 saturated carbocycles. The van der Waals surface area contributed by atoms with Gasteiger partial charge in [0.25, 0.3) is 5.91 Å². The van der Waals surface area contributed by atoms with Gasteiger partial charge in [-0.1, -0.05) is 41.6 Å². The maximum atomic E-state index is 13.1. The molecule has 1 aliphatic heterocycles. The van der Waals surface area contributed by atoms with Gasteiger partial charge < -0.3 is 14.5 Å². The van der Waals surface area contributed by atoms with E-state index in [0.717, 1.165) is 44.5 Å². The Labute approximate surface area is 259 Å². The third kappa shape index (κ3) is 6.16. The number of para-hydroxylation sites is 1. The lowest BCUT2D eigenvalue weighted by Gasteiger charge is -2.42. The first-order valence-electron chi connectivity index (χ1n) is 14.5. The number of esters is 1. The zero-order chi connectivity index (χ0) is 31.8. The molecule has 44 heavy (non-hydrogen) atoms. The molecule has 3 aromatic carbocycles. The number of anilines is 1. The summed E-state index contributed by atoms with van der Waals surface area (Å²) in [6.45, 7) is 5.02. The third-order valence-electron chi connectivity index (χ3n) is 8.42. The minimum Gasteiger partial charge on any atom is -0.456 e. The van der Waals surface area contributed by atoms with Gasteiger partial charge in [0.15, 0.2) is 6.61 Å². The van der Waals surface area contributed by atoms with Crippen molar-refractivity contribution in [2.45, 2.75) is 37.6 Å². The van der Waals surface area contributed by atoms with Crippen molar-refractivity contribution >= 4 is 39.4 Å². The van der Waals surface area contributed by atoms with Crippen LogP contribution in [0.5, 0.6) is 0 Å². The van der Waals surface area contributed by atoms with Crippen LogP contribution in [-0.2, 0) is 27.9 Å². The molecule has 0 saturated heterocycles. The minimum absolute atomic E-state index is 0.00684. The van der Waals surface area contributed by atoms with Crippen LogP contribution in [0, 0.1) is 13.8 Å². The molecule has 0 spiro atoms. The number of nitrogens with zero attached hydrogens (tertiary/aromatic N) is 6. The average molecular weight is 621 g/mol. The third-order valence-corrected chi connectivity index (χ3v) is 10.4. The van der Waals surface area contributed by atoms with Gasteiger partial charge in [-0.3, -0.25) is 18.7 Å². The van der Waals surface area contributed by atoms with Crippen molar-refractivity contribution in [3.05, 3.63) is 82.4 Å². The maximum Gasteiger partial charge on any atom is 0.307 e. The van der Waals surface area contributed by atoms with E-state index in [1.807, 2.05) is 81.4 Å². The standard InChI is InChI=1S/C32H40N6O5S/c1-21-11-12-23(17-24(21)19-38-16-15-36(5)27-9-7-8-10-29(27)44(38,41)42)26(18-31(40)43-20-30(39)35(3)4)25-13-14-28-32(22(25)2)33-34-37(28)6/h7-14,17,26,41-42H,15-16,18-20H2,1-6H3. The van der Waals surface area contributed by atoms with Crippen LogP contribution in [0.1, 0.15) is 40.2 Å². The fourth-order valence-electron chi connectivity index (χ4n) is 5.62. The van der Waals surface area contributed by atoms with E-state index >= 15 is 0 Å².